The molecule has 2 N–H and O–H groups in total. The standard InChI is InChI=1S/C27H41NO5S/c1-15-8-7-9-19-11-20(19)12-22(16(2)10-21-14-34-18(4)28-21)33-24(30)13-23(29)27(5,6)26(32)17(3)25(15)31/h10,14-15,17,19-20,22-23,25,29,31H,7-9,11-13H2,1-6H3/b16-10+/t15-,17+,19-,20-,22-,23-,25-/m0/s1. The summed E-state index contributed by atoms with van der Waals surface area (Å²) < 4.78 is 5.90. The first kappa shape index (κ1) is 27.0. The molecule has 2 aliphatic rings. The van der Waals surface area contributed by atoms with Crippen LogP contribution in [0.3, 0.4) is 0 Å². The lowest BCUT2D eigenvalue weighted by Gasteiger charge is -2.34. The van der Waals surface area contributed by atoms with Gasteiger partial charge < -0.3 is 14.9 Å². The molecule has 1 aliphatic carbocycles. The van der Waals surface area contributed by atoms with Crippen LogP contribution in [0.1, 0.15) is 83.8 Å². The minimum Gasteiger partial charge on any atom is -0.458 e. The molecule has 1 saturated heterocycles. The van der Waals surface area contributed by atoms with Gasteiger partial charge in [-0.2, -0.15) is 0 Å². The van der Waals surface area contributed by atoms with Crippen molar-refractivity contribution in [3.8, 4) is 0 Å². The largest absolute Gasteiger partial charge is 0.458 e. The Bertz CT molecular complexity index is 907. The Morgan fingerprint density at radius 2 is 1.88 bits per heavy atom. The van der Waals surface area contributed by atoms with Crippen LogP contribution in [-0.2, 0) is 14.3 Å². The smallest absolute Gasteiger partial charge is 0.309 e. The van der Waals surface area contributed by atoms with Crippen LogP contribution in [0, 0.1) is 36.0 Å². The van der Waals surface area contributed by atoms with Crippen molar-refractivity contribution >= 4 is 29.2 Å². The predicted molar refractivity (Wildman–Crippen MR) is 134 cm³/mol. The summed E-state index contributed by atoms with van der Waals surface area (Å²) in [6, 6.07) is 0. The van der Waals surface area contributed by atoms with Crippen molar-refractivity contribution in [3.63, 3.8) is 0 Å². The van der Waals surface area contributed by atoms with E-state index in [1.165, 1.54) is 0 Å². The van der Waals surface area contributed by atoms with Crippen LogP contribution >= 0.6 is 11.3 Å². The highest BCUT2D eigenvalue weighted by atomic mass is 32.1. The number of ether oxygens (including phenoxy) is 1. The number of ketones is 1. The average Bonchev–Trinajstić information content (AvgIpc) is 3.38. The summed E-state index contributed by atoms with van der Waals surface area (Å²) in [5.41, 5.74) is 0.639. The molecule has 2 heterocycles. The summed E-state index contributed by atoms with van der Waals surface area (Å²) in [4.78, 5) is 30.6. The molecule has 7 atom stereocenters. The van der Waals surface area contributed by atoms with Crippen LogP contribution < -0.4 is 0 Å². The van der Waals surface area contributed by atoms with Gasteiger partial charge in [0.2, 0.25) is 0 Å². The van der Waals surface area contributed by atoms with Gasteiger partial charge in [0.05, 0.1) is 34.7 Å². The predicted octanol–water partition coefficient (Wildman–Crippen LogP) is 4.96. The number of aromatic nitrogens is 1. The number of hydrogen-bond acceptors (Lipinski definition) is 7. The number of cyclic esters (lactones) is 1. The zero-order chi connectivity index (χ0) is 25.2. The maximum absolute atomic E-state index is 13.2. The van der Waals surface area contributed by atoms with Gasteiger partial charge >= 0.3 is 5.97 Å². The molecule has 6 nitrogen and oxygen atoms in total. The second kappa shape index (κ2) is 11.0. The number of aliphatic hydroxyl groups is 2. The molecule has 3 rings (SSSR count). The van der Waals surface area contributed by atoms with Gasteiger partial charge in [-0.05, 0) is 62.5 Å². The lowest BCUT2D eigenvalue weighted by molar-refractivity contribution is -0.154. The summed E-state index contributed by atoms with van der Waals surface area (Å²) in [5, 5.41) is 24.6. The first-order valence-corrected chi connectivity index (χ1v) is 13.5. The Balaban J connectivity index is 1.81. The monoisotopic (exact) mass is 491 g/mol. The molecule has 0 spiro atoms. The van der Waals surface area contributed by atoms with Crippen LogP contribution in [0.2, 0.25) is 0 Å². The number of Topliss-reactive ketones (excluding diaryl/α,β-unsaturated/α-hetero) is 1. The fourth-order valence-electron chi connectivity index (χ4n) is 5.22. The summed E-state index contributed by atoms with van der Waals surface area (Å²) in [5.74, 6) is -0.234. The lowest BCUT2D eigenvalue weighted by Crippen LogP contribution is -2.45. The van der Waals surface area contributed by atoms with Gasteiger partial charge in [-0.1, -0.05) is 40.5 Å². The molecule has 190 valence electrons. The summed E-state index contributed by atoms with van der Waals surface area (Å²) in [7, 11) is 0. The molecular formula is C27H41NO5S. The maximum Gasteiger partial charge on any atom is 0.309 e. The number of carbonyl (C=O) groups is 2. The molecule has 1 aliphatic heterocycles. The highest BCUT2D eigenvalue weighted by molar-refractivity contribution is 7.09. The Kier molecular flexibility index (Phi) is 8.75. The number of fused-ring (bicyclic) bond motifs is 1. The SMILES string of the molecule is C/C(=C\c1csc(C)n1)[C@@H]1C[C@@H]2C[C@@H]2CCC[C@H](C)[C@H](O)[C@@H](C)C(=O)C(C)(C)[C@@H](O)CC(=O)O1. The topological polar surface area (TPSA) is 96.7 Å². The molecule has 0 aromatic carbocycles. The van der Waals surface area contributed by atoms with Crippen molar-refractivity contribution in [3.05, 3.63) is 21.7 Å². The molecule has 0 radical (unpaired) electrons. The lowest BCUT2D eigenvalue weighted by atomic mass is 9.73. The van der Waals surface area contributed by atoms with E-state index in [0.717, 1.165) is 48.4 Å². The highest BCUT2D eigenvalue weighted by Gasteiger charge is 2.43. The van der Waals surface area contributed by atoms with E-state index in [2.05, 4.69) is 4.98 Å². The van der Waals surface area contributed by atoms with Crippen LogP contribution in [0.4, 0.5) is 0 Å². The van der Waals surface area contributed by atoms with E-state index < -0.39 is 29.5 Å². The van der Waals surface area contributed by atoms with E-state index in [4.69, 9.17) is 4.74 Å². The average molecular weight is 492 g/mol. The molecule has 2 fully saturated rings. The van der Waals surface area contributed by atoms with Crippen molar-refractivity contribution in [2.24, 2.45) is 29.1 Å². The molecule has 1 aromatic heterocycles. The summed E-state index contributed by atoms with van der Waals surface area (Å²) in [6.45, 7) is 10.9. The van der Waals surface area contributed by atoms with Gasteiger partial charge in [-0.25, -0.2) is 4.98 Å². The zero-order valence-corrected chi connectivity index (χ0v) is 22.2. The fraction of sp³-hybridized carbons (Fsp3) is 0.741. The third-order valence-electron chi connectivity index (χ3n) is 7.95. The van der Waals surface area contributed by atoms with E-state index in [1.807, 2.05) is 32.2 Å². The van der Waals surface area contributed by atoms with Gasteiger partial charge in [0.25, 0.3) is 0 Å². The van der Waals surface area contributed by atoms with Crippen molar-refractivity contribution < 1.29 is 24.5 Å². The van der Waals surface area contributed by atoms with E-state index >= 15 is 0 Å². The highest BCUT2D eigenvalue weighted by Crippen LogP contribution is 2.47. The number of esters is 1. The van der Waals surface area contributed by atoms with E-state index in [0.29, 0.717) is 11.8 Å². The molecule has 1 aromatic rings. The molecule has 0 bridgehead atoms. The molecule has 34 heavy (non-hydrogen) atoms. The maximum atomic E-state index is 13.2. The molecule has 1 saturated carbocycles. The fourth-order valence-corrected chi connectivity index (χ4v) is 5.79. The zero-order valence-electron chi connectivity index (χ0n) is 21.4. The number of aliphatic hydroxyl groups excluding tert-OH is 2. The van der Waals surface area contributed by atoms with Crippen molar-refractivity contribution in [1.82, 2.24) is 4.98 Å². The van der Waals surface area contributed by atoms with Crippen LogP contribution in [0.15, 0.2) is 11.0 Å². The van der Waals surface area contributed by atoms with Gasteiger partial charge in [-0.3, -0.25) is 9.59 Å². The van der Waals surface area contributed by atoms with Gasteiger partial charge in [0.15, 0.2) is 0 Å². The second-order valence-electron chi connectivity index (χ2n) is 11.1. The van der Waals surface area contributed by atoms with Crippen LogP contribution in [-0.4, -0.2) is 45.3 Å². The molecule has 0 unspecified atom stereocenters. The number of hydrogen-bond donors (Lipinski definition) is 2. The number of rotatable bonds is 2. The Morgan fingerprint density at radius 1 is 1.18 bits per heavy atom. The van der Waals surface area contributed by atoms with Gasteiger partial charge in [-0.15, -0.1) is 11.3 Å². The molecule has 7 heteroatoms. The second-order valence-corrected chi connectivity index (χ2v) is 12.2. The Hall–Kier alpha value is -1.57. The minimum absolute atomic E-state index is 0.00135. The van der Waals surface area contributed by atoms with Crippen LogP contribution in [0.25, 0.3) is 6.08 Å². The number of carbonyl (C=O) groups excluding carboxylic acids is 2. The quantitative estimate of drug-likeness (QED) is 0.568. The number of aryl methyl sites for hydroxylation is 1. The van der Waals surface area contributed by atoms with E-state index in [1.54, 1.807) is 32.1 Å². The van der Waals surface area contributed by atoms with Crippen molar-refractivity contribution in [1.29, 1.82) is 0 Å². The number of thiazole rings is 1. The Labute approximate surface area is 207 Å². The van der Waals surface area contributed by atoms with E-state index in [-0.39, 0.29) is 24.2 Å². The third kappa shape index (κ3) is 6.55. The molecule has 0 amide bonds. The van der Waals surface area contributed by atoms with Gasteiger partial charge in [0, 0.05) is 11.3 Å². The first-order valence-electron chi connectivity index (χ1n) is 12.6. The number of nitrogens with zero attached hydrogens (tertiary/aromatic N) is 1. The van der Waals surface area contributed by atoms with Crippen LogP contribution in [0.5, 0.6) is 0 Å². The van der Waals surface area contributed by atoms with Crippen molar-refractivity contribution in [2.45, 2.75) is 98.4 Å². The van der Waals surface area contributed by atoms with Gasteiger partial charge in [0.1, 0.15) is 11.9 Å². The summed E-state index contributed by atoms with van der Waals surface area (Å²) >= 11 is 1.58. The Morgan fingerprint density at radius 3 is 2.53 bits per heavy atom. The third-order valence-corrected chi connectivity index (χ3v) is 8.74. The van der Waals surface area contributed by atoms with E-state index in [9.17, 15) is 19.8 Å². The minimum atomic E-state index is -1.19. The summed E-state index contributed by atoms with van der Waals surface area (Å²) in [6.07, 6.45) is 4.23. The molecular weight excluding hydrogens is 450 g/mol. The first-order chi connectivity index (χ1) is 15.9. The normalized spacial score (nSPS) is 36.0. The van der Waals surface area contributed by atoms with Crippen molar-refractivity contribution in [2.75, 3.05) is 0 Å².